The van der Waals surface area contributed by atoms with Crippen LogP contribution in [0.4, 0.5) is 11.4 Å². The molecule has 28 heavy (non-hydrogen) atoms. The Balaban J connectivity index is 2.05. The lowest BCUT2D eigenvalue weighted by molar-refractivity contribution is -0.384. The lowest BCUT2D eigenvalue weighted by atomic mass is 10.2. The number of hydrogen-bond acceptors (Lipinski definition) is 5. The molecule has 2 aromatic carbocycles. The van der Waals surface area contributed by atoms with E-state index in [0.717, 1.165) is 18.4 Å². The number of carbonyl (C=O) groups excluding carboxylic acids is 1. The topological polar surface area (TPSA) is 90.7 Å². The summed E-state index contributed by atoms with van der Waals surface area (Å²) in [6, 6.07) is 11.2. The van der Waals surface area contributed by atoms with Crippen LogP contribution in [0.5, 0.6) is 11.5 Å². The van der Waals surface area contributed by atoms with Crippen molar-refractivity contribution in [3.63, 3.8) is 0 Å². The van der Waals surface area contributed by atoms with Crippen LogP contribution in [-0.4, -0.2) is 24.0 Å². The van der Waals surface area contributed by atoms with Crippen molar-refractivity contribution in [1.82, 2.24) is 0 Å². The normalized spacial score (nSPS) is 10.6. The molecular weight excluding hydrogens is 360 g/mol. The molecule has 148 valence electrons. The zero-order valence-corrected chi connectivity index (χ0v) is 16.0. The predicted molar refractivity (Wildman–Crippen MR) is 109 cm³/mol. The van der Waals surface area contributed by atoms with Crippen molar-refractivity contribution in [2.24, 2.45) is 0 Å². The van der Waals surface area contributed by atoms with Crippen molar-refractivity contribution in [2.45, 2.75) is 26.7 Å². The van der Waals surface area contributed by atoms with Crippen molar-refractivity contribution in [1.29, 1.82) is 0 Å². The molecule has 0 spiro atoms. The summed E-state index contributed by atoms with van der Waals surface area (Å²) in [5.41, 5.74) is 1.06. The summed E-state index contributed by atoms with van der Waals surface area (Å²) in [5.74, 6) is 0.912. The van der Waals surface area contributed by atoms with Crippen molar-refractivity contribution < 1.29 is 19.2 Å². The fourth-order valence-corrected chi connectivity index (χ4v) is 2.40. The number of nitrogens with zero attached hydrogens (tertiary/aromatic N) is 1. The number of ether oxygens (including phenoxy) is 2. The Labute approximate surface area is 164 Å². The van der Waals surface area contributed by atoms with Crippen LogP contribution < -0.4 is 14.8 Å². The maximum absolute atomic E-state index is 12.1. The molecule has 0 aliphatic heterocycles. The highest BCUT2D eigenvalue weighted by atomic mass is 16.6. The van der Waals surface area contributed by atoms with Crippen LogP contribution in [-0.2, 0) is 4.79 Å². The van der Waals surface area contributed by atoms with E-state index in [1.165, 1.54) is 24.3 Å². The van der Waals surface area contributed by atoms with E-state index in [1.807, 2.05) is 25.1 Å². The van der Waals surface area contributed by atoms with Crippen LogP contribution in [0.2, 0.25) is 0 Å². The third-order valence-electron chi connectivity index (χ3n) is 3.77. The van der Waals surface area contributed by atoms with Gasteiger partial charge in [-0.15, -0.1) is 0 Å². The number of benzene rings is 2. The molecule has 0 saturated heterocycles. The first kappa shape index (κ1) is 21.0. The Morgan fingerprint density at radius 3 is 2.68 bits per heavy atom. The number of unbranched alkanes of at least 4 members (excludes halogenated alkanes) is 1. The Kier molecular flexibility index (Phi) is 8.02. The zero-order chi connectivity index (χ0) is 20.4. The number of nitro benzene ring substituents is 1. The molecule has 2 aromatic rings. The molecule has 0 aromatic heterocycles. The van der Waals surface area contributed by atoms with E-state index in [2.05, 4.69) is 12.2 Å². The molecule has 7 heteroatoms. The van der Waals surface area contributed by atoms with Gasteiger partial charge >= 0.3 is 0 Å². The number of rotatable bonds is 10. The van der Waals surface area contributed by atoms with Gasteiger partial charge in [-0.2, -0.15) is 0 Å². The van der Waals surface area contributed by atoms with Crippen molar-refractivity contribution >= 4 is 23.4 Å². The molecule has 0 radical (unpaired) electrons. The molecule has 0 unspecified atom stereocenters. The van der Waals surface area contributed by atoms with Gasteiger partial charge in [0.05, 0.1) is 18.1 Å². The number of amides is 1. The Morgan fingerprint density at radius 2 is 1.96 bits per heavy atom. The number of non-ortho nitro benzene ring substituents is 1. The fraction of sp³-hybridized carbons (Fsp3) is 0.286. The zero-order valence-electron chi connectivity index (χ0n) is 16.0. The Bertz CT molecular complexity index is 848. The first-order valence-corrected chi connectivity index (χ1v) is 9.16. The summed E-state index contributed by atoms with van der Waals surface area (Å²) < 4.78 is 11.4. The monoisotopic (exact) mass is 384 g/mol. The second-order valence-electron chi connectivity index (χ2n) is 5.97. The third-order valence-corrected chi connectivity index (χ3v) is 3.77. The van der Waals surface area contributed by atoms with Crippen molar-refractivity contribution in [2.75, 3.05) is 18.5 Å². The lowest BCUT2D eigenvalue weighted by Gasteiger charge is -2.12. The van der Waals surface area contributed by atoms with Crippen LogP contribution in [0, 0.1) is 10.1 Å². The van der Waals surface area contributed by atoms with Crippen molar-refractivity contribution in [3.05, 3.63) is 64.2 Å². The van der Waals surface area contributed by atoms with Gasteiger partial charge in [-0.25, -0.2) is 0 Å². The summed E-state index contributed by atoms with van der Waals surface area (Å²) >= 11 is 0. The van der Waals surface area contributed by atoms with Gasteiger partial charge < -0.3 is 14.8 Å². The molecule has 0 aliphatic carbocycles. The molecule has 2 rings (SSSR count). The number of nitro groups is 1. The highest BCUT2D eigenvalue weighted by molar-refractivity contribution is 6.02. The van der Waals surface area contributed by atoms with E-state index in [-0.39, 0.29) is 11.6 Å². The van der Waals surface area contributed by atoms with E-state index in [9.17, 15) is 14.9 Å². The van der Waals surface area contributed by atoms with Crippen LogP contribution in [0.15, 0.2) is 48.5 Å². The van der Waals surface area contributed by atoms with E-state index in [0.29, 0.717) is 30.4 Å². The molecule has 1 amide bonds. The second-order valence-corrected chi connectivity index (χ2v) is 5.97. The summed E-state index contributed by atoms with van der Waals surface area (Å²) in [7, 11) is 0. The molecule has 0 aliphatic rings. The SMILES string of the molecule is CCCCOc1ccc(/C=C/C(=O)Nc2cccc([N+](=O)[O-])c2)cc1OCC. The molecule has 0 fully saturated rings. The average molecular weight is 384 g/mol. The van der Waals surface area contributed by atoms with Crippen molar-refractivity contribution in [3.8, 4) is 11.5 Å². The first-order chi connectivity index (χ1) is 13.5. The van der Waals surface area contributed by atoms with Crippen LogP contribution in [0.25, 0.3) is 6.08 Å². The van der Waals surface area contributed by atoms with Crippen LogP contribution >= 0.6 is 0 Å². The van der Waals surface area contributed by atoms with Gasteiger partial charge in [0, 0.05) is 23.9 Å². The second kappa shape index (κ2) is 10.7. The highest BCUT2D eigenvalue weighted by Crippen LogP contribution is 2.29. The van der Waals surface area contributed by atoms with Gasteiger partial charge in [-0.05, 0) is 43.2 Å². The van der Waals surface area contributed by atoms with E-state index in [1.54, 1.807) is 12.1 Å². The largest absolute Gasteiger partial charge is 0.490 e. The smallest absolute Gasteiger partial charge is 0.271 e. The number of anilines is 1. The predicted octanol–water partition coefficient (Wildman–Crippen LogP) is 4.82. The maximum Gasteiger partial charge on any atom is 0.271 e. The average Bonchev–Trinajstić information content (AvgIpc) is 2.68. The maximum atomic E-state index is 12.1. The molecule has 0 saturated carbocycles. The molecule has 0 heterocycles. The van der Waals surface area contributed by atoms with Gasteiger partial charge in [0.1, 0.15) is 0 Å². The van der Waals surface area contributed by atoms with Gasteiger partial charge in [0.2, 0.25) is 5.91 Å². The summed E-state index contributed by atoms with van der Waals surface area (Å²) in [6.07, 6.45) is 5.02. The Hall–Kier alpha value is -3.35. The third kappa shape index (κ3) is 6.42. The minimum atomic E-state index is -0.509. The molecule has 0 bridgehead atoms. The van der Waals surface area contributed by atoms with E-state index in [4.69, 9.17) is 9.47 Å². The van der Waals surface area contributed by atoms with Gasteiger partial charge in [-0.3, -0.25) is 14.9 Å². The molecule has 1 N–H and O–H groups in total. The van der Waals surface area contributed by atoms with Gasteiger partial charge in [-0.1, -0.05) is 25.5 Å². The summed E-state index contributed by atoms with van der Waals surface area (Å²) in [5, 5.41) is 13.4. The molecular formula is C21H24N2O5. The summed E-state index contributed by atoms with van der Waals surface area (Å²) in [6.45, 7) is 5.12. The van der Waals surface area contributed by atoms with Crippen LogP contribution in [0.3, 0.4) is 0 Å². The highest BCUT2D eigenvalue weighted by Gasteiger charge is 2.08. The number of carbonyl (C=O) groups is 1. The first-order valence-electron chi connectivity index (χ1n) is 9.16. The number of nitrogens with one attached hydrogen (secondary N) is 1. The van der Waals surface area contributed by atoms with Crippen LogP contribution in [0.1, 0.15) is 32.3 Å². The molecule has 7 nitrogen and oxygen atoms in total. The van der Waals surface area contributed by atoms with E-state index >= 15 is 0 Å². The lowest BCUT2D eigenvalue weighted by Crippen LogP contribution is -2.07. The van der Waals surface area contributed by atoms with Gasteiger partial charge in [0.15, 0.2) is 11.5 Å². The standard InChI is InChI=1S/C21H24N2O5/c1-3-5-13-28-19-11-9-16(14-20(19)27-4-2)10-12-21(24)22-17-7-6-8-18(15-17)23(25)26/h6-12,14-15H,3-5,13H2,1-2H3,(H,22,24)/b12-10+. The fourth-order valence-electron chi connectivity index (χ4n) is 2.40. The Morgan fingerprint density at radius 1 is 1.14 bits per heavy atom. The quantitative estimate of drug-likeness (QED) is 0.274. The minimum Gasteiger partial charge on any atom is -0.490 e. The van der Waals surface area contributed by atoms with Gasteiger partial charge in [0.25, 0.3) is 5.69 Å². The minimum absolute atomic E-state index is 0.0817. The summed E-state index contributed by atoms with van der Waals surface area (Å²) in [4.78, 5) is 22.4. The molecule has 0 atom stereocenters. The number of hydrogen-bond donors (Lipinski definition) is 1. The van der Waals surface area contributed by atoms with E-state index < -0.39 is 4.92 Å².